The van der Waals surface area contributed by atoms with Gasteiger partial charge in [0.05, 0.1) is 5.75 Å². The molecule has 0 saturated carbocycles. The third-order valence-corrected chi connectivity index (χ3v) is 3.96. The smallest absolute Gasteiger partial charge is 0.316 e. The molecule has 1 aromatic heterocycles. The van der Waals surface area contributed by atoms with Gasteiger partial charge in [0.1, 0.15) is 12.2 Å². The molecule has 0 atom stereocenters. The third-order valence-electron chi connectivity index (χ3n) is 1.92. The van der Waals surface area contributed by atoms with E-state index in [1.165, 1.54) is 11.8 Å². The first-order chi connectivity index (χ1) is 8.92. The molecule has 0 amide bonds. The van der Waals surface area contributed by atoms with Crippen molar-refractivity contribution in [3.8, 4) is 11.8 Å². The normalized spacial score (nSPS) is 10.7. The van der Waals surface area contributed by atoms with Crippen LogP contribution in [0.2, 0.25) is 0 Å². The number of rotatable bonds is 4. The maximum absolute atomic E-state index is 11.5. The van der Waals surface area contributed by atoms with Crippen molar-refractivity contribution in [1.29, 1.82) is 0 Å². The molecule has 1 aromatic rings. The first-order valence-electron chi connectivity index (χ1n) is 5.88. The number of aliphatic hydroxyl groups excluding tert-OH is 1. The molecule has 104 valence electrons. The monoisotopic (exact) mass is 298 g/mol. The number of esters is 1. The molecule has 1 rings (SSSR count). The Balaban J connectivity index is 2.41. The van der Waals surface area contributed by atoms with Gasteiger partial charge in [0.2, 0.25) is 0 Å². The fourth-order valence-electron chi connectivity index (χ4n) is 1.30. The van der Waals surface area contributed by atoms with E-state index >= 15 is 0 Å². The summed E-state index contributed by atoms with van der Waals surface area (Å²) >= 11 is 3.12. The molecule has 19 heavy (non-hydrogen) atoms. The minimum absolute atomic E-state index is 0.139. The first kappa shape index (κ1) is 16.1. The van der Waals surface area contributed by atoms with Crippen molar-refractivity contribution in [2.45, 2.75) is 32.1 Å². The van der Waals surface area contributed by atoms with Gasteiger partial charge in [-0.05, 0) is 32.2 Å². The molecule has 1 N–H and O–H groups in total. The Bertz CT molecular complexity index is 475. The van der Waals surface area contributed by atoms with Crippen LogP contribution in [-0.4, -0.2) is 29.0 Å². The Morgan fingerprint density at radius 3 is 2.89 bits per heavy atom. The molecule has 0 unspecified atom stereocenters. The molecule has 0 fully saturated rings. The Labute approximate surface area is 122 Å². The Hall–Kier alpha value is -0.960. The maximum atomic E-state index is 11.5. The number of carbonyl (C=O) groups is 1. The average Bonchev–Trinajstić information content (AvgIpc) is 2.71. The van der Waals surface area contributed by atoms with E-state index < -0.39 is 5.60 Å². The molecule has 1 heterocycles. The summed E-state index contributed by atoms with van der Waals surface area (Å²) < 4.78 is 5.23. The summed E-state index contributed by atoms with van der Waals surface area (Å²) in [6.45, 7) is 5.44. The molecule has 0 aliphatic heterocycles. The van der Waals surface area contributed by atoms with Gasteiger partial charge in [-0.2, -0.15) is 0 Å². The SMILES string of the molecule is CC(C)(C)OC(=O)CSCc1sccc1C#CCO. The van der Waals surface area contributed by atoms with Gasteiger partial charge in [-0.15, -0.1) is 23.1 Å². The fraction of sp³-hybridized carbons (Fsp3) is 0.500. The second-order valence-corrected chi connectivity index (χ2v) is 6.78. The number of aliphatic hydroxyl groups is 1. The van der Waals surface area contributed by atoms with Crippen molar-refractivity contribution in [2.75, 3.05) is 12.4 Å². The van der Waals surface area contributed by atoms with Crippen LogP contribution in [-0.2, 0) is 15.3 Å². The van der Waals surface area contributed by atoms with Crippen LogP contribution in [0.4, 0.5) is 0 Å². The van der Waals surface area contributed by atoms with Gasteiger partial charge in [0, 0.05) is 16.2 Å². The van der Waals surface area contributed by atoms with E-state index in [0.717, 1.165) is 16.2 Å². The Morgan fingerprint density at radius 1 is 1.53 bits per heavy atom. The number of carbonyl (C=O) groups excluding carboxylic acids is 1. The fourth-order valence-corrected chi connectivity index (χ4v) is 3.10. The molecule has 0 aliphatic rings. The van der Waals surface area contributed by atoms with Crippen molar-refractivity contribution in [3.63, 3.8) is 0 Å². The summed E-state index contributed by atoms with van der Waals surface area (Å²) in [7, 11) is 0. The summed E-state index contributed by atoms with van der Waals surface area (Å²) in [5.41, 5.74) is 0.494. The molecule has 3 nitrogen and oxygen atoms in total. The van der Waals surface area contributed by atoms with Gasteiger partial charge in [0.15, 0.2) is 0 Å². The zero-order valence-electron chi connectivity index (χ0n) is 11.4. The number of thiophene rings is 1. The Kier molecular flexibility index (Phi) is 6.43. The summed E-state index contributed by atoms with van der Waals surface area (Å²) in [6, 6.07) is 1.93. The molecule has 0 spiro atoms. The molecule has 5 heteroatoms. The molecular weight excluding hydrogens is 280 g/mol. The van der Waals surface area contributed by atoms with Gasteiger partial charge in [-0.25, -0.2) is 0 Å². The van der Waals surface area contributed by atoms with Crippen molar-refractivity contribution in [2.24, 2.45) is 0 Å². The lowest BCUT2D eigenvalue weighted by Gasteiger charge is -2.19. The van der Waals surface area contributed by atoms with Crippen LogP contribution >= 0.6 is 23.1 Å². The highest BCUT2D eigenvalue weighted by atomic mass is 32.2. The first-order valence-corrected chi connectivity index (χ1v) is 7.91. The molecule has 0 bridgehead atoms. The van der Waals surface area contributed by atoms with Crippen LogP contribution in [0.1, 0.15) is 31.2 Å². The Morgan fingerprint density at radius 2 is 2.26 bits per heavy atom. The average molecular weight is 298 g/mol. The van der Waals surface area contributed by atoms with E-state index in [2.05, 4.69) is 11.8 Å². The largest absolute Gasteiger partial charge is 0.459 e. The summed E-state index contributed by atoms with van der Waals surface area (Å²) in [5.74, 6) is 6.40. The minimum Gasteiger partial charge on any atom is -0.459 e. The lowest BCUT2D eigenvalue weighted by Crippen LogP contribution is -2.24. The number of hydrogen-bond donors (Lipinski definition) is 1. The lowest BCUT2D eigenvalue weighted by atomic mass is 10.2. The summed E-state index contributed by atoms with van der Waals surface area (Å²) in [6.07, 6.45) is 0. The number of thioether (sulfide) groups is 1. The highest BCUT2D eigenvalue weighted by Crippen LogP contribution is 2.22. The van der Waals surface area contributed by atoms with Crippen LogP contribution in [0.25, 0.3) is 0 Å². The standard InChI is InChI=1S/C14H18O3S2/c1-14(2,3)17-13(16)10-18-9-12-11(5-4-7-15)6-8-19-12/h6,8,15H,7,9-10H2,1-3H3. The van der Waals surface area contributed by atoms with E-state index in [4.69, 9.17) is 9.84 Å². The van der Waals surface area contributed by atoms with Crippen molar-refractivity contribution < 1.29 is 14.6 Å². The predicted octanol–water partition coefficient (Wildman–Crippen LogP) is 2.67. The second kappa shape index (κ2) is 7.59. The van der Waals surface area contributed by atoms with Gasteiger partial charge in [-0.3, -0.25) is 4.79 Å². The highest BCUT2D eigenvalue weighted by molar-refractivity contribution is 7.99. The van der Waals surface area contributed by atoms with Gasteiger partial charge < -0.3 is 9.84 Å². The van der Waals surface area contributed by atoms with E-state index in [9.17, 15) is 4.79 Å². The second-order valence-electron chi connectivity index (χ2n) is 4.80. The van der Waals surface area contributed by atoms with Gasteiger partial charge in [-0.1, -0.05) is 11.8 Å². The third kappa shape index (κ3) is 6.67. The molecule has 0 radical (unpaired) electrons. The van der Waals surface area contributed by atoms with Crippen LogP contribution in [0.3, 0.4) is 0 Å². The zero-order chi connectivity index (χ0) is 14.3. The van der Waals surface area contributed by atoms with E-state index in [0.29, 0.717) is 5.75 Å². The van der Waals surface area contributed by atoms with E-state index in [1.54, 1.807) is 11.3 Å². The molecule has 0 saturated heterocycles. The topological polar surface area (TPSA) is 46.5 Å². The van der Waals surface area contributed by atoms with Gasteiger partial charge in [0.25, 0.3) is 0 Å². The predicted molar refractivity (Wildman–Crippen MR) is 80.3 cm³/mol. The lowest BCUT2D eigenvalue weighted by molar-refractivity contribution is -0.151. The molecule has 0 aliphatic carbocycles. The summed E-state index contributed by atoms with van der Waals surface area (Å²) in [5, 5.41) is 10.6. The van der Waals surface area contributed by atoms with Crippen molar-refractivity contribution >= 4 is 29.1 Å². The van der Waals surface area contributed by atoms with Crippen LogP contribution < -0.4 is 0 Å². The van der Waals surface area contributed by atoms with Crippen molar-refractivity contribution in [3.05, 3.63) is 21.9 Å². The summed E-state index contributed by atoms with van der Waals surface area (Å²) in [4.78, 5) is 12.7. The van der Waals surface area contributed by atoms with Crippen LogP contribution in [0.15, 0.2) is 11.4 Å². The number of ether oxygens (including phenoxy) is 1. The molecular formula is C14H18O3S2. The van der Waals surface area contributed by atoms with E-state index in [1.807, 2.05) is 32.2 Å². The zero-order valence-corrected chi connectivity index (χ0v) is 13.0. The van der Waals surface area contributed by atoms with Gasteiger partial charge >= 0.3 is 5.97 Å². The van der Waals surface area contributed by atoms with Crippen LogP contribution in [0, 0.1) is 11.8 Å². The van der Waals surface area contributed by atoms with Crippen molar-refractivity contribution in [1.82, 2.24) is 0 Å². The quantitative estimate of drug-likeness (QED) is 0.686. The van der Waals surface area contributed by atoms with E-state index in [-0.39, 0.29) is 12.6 Å². The van der Waals surface area contributed by atoms with Crippen LogP contribution in [0.5, 0.6) is 0 Å². The molecule has 0 aromatic carbocycles. The highest BCUT2D eigenvalue weighted by Gasteiger charge is 2.16. The minimum atomic E-state index is -0.432. The maximum Gasteiger partial charge on any atom is 0.316 e. The number of hydrogen-bond acceptors (Lipinski definition) is 5.